The molecule has 2 aromatic heterocycles. The minimum atomic E-state index is 0.773. The van der Waals surface area contributed by atoms with Crippen LogP contribution >= 0.6 is 0 Å². The number of hydrogen-bond acceptors (Lipinski definition) is 5. The Balaban J connectivity index is 1.94. The number of nitrogens with one attached hydrogen (secondary N) is 1. The van der Waals surface area contributed by atoms with E-state index in [1.54, 1.807) is 6.33 Å². The van der Waals surface area contributed by atoms with Gasteiger partial charge in [0.25, 0.3) is 0 Å². The summed E-state index contributed by atoms with van der Waals surface area (Å²) >= 11 is 0. The van der Waals surface area contributed by atoms with Crippen molar-refractivity contribution in [2.45, 2.75) is 40.4 Å². The fourth-order valence-electron chi connectivity index (χ4n) is 2.82. The van der Waals surface area contributed by atoms with Crippen LogP contribution in [0.25, 0.3) is 0 Å². The molecular weight excluding hydrogens is 264 g/mol. The van der Waals surface area contributed by atoms with Gasteiger partial charge in [-0.1, -0.05) is 6.92 Å². The number of fused-ring (bicyclic) bond motifs is 1. The van der Waals surface area contributed by atoms with Crippen LogP contribution in [0.1, 0.15) is 29.6 Å². The van der Waals surface area contributed by atoms with Crippen molar-refractivity contribution in [3.05, 3.63) is 35.0 Å². The molecule has 1 aliphatic heterocycles. The zero-order valence-corrected chi connectivity index (χ0v) is 12.9. The first-order chi connectivity index (χ1) is 10.2. The molecule has 0 unspecified atom stereocenters. The van der Waals surface area contributed by atoms with Crippen LogP contribution in [0.5, 0.6) is 0 Å². The van der Waals surface area contributed by atoms with Gasteiger partial charge >= 0.3 is 0 Å². The van der Waals surface area contributed by atoms with Gasteiger partial charge in [-0.15, -0.1) is 10.2 Å². The van der Waals surface area contributed by atoms with Crippen LogP contribution in [0.2, 0.25) is 0 Å². The molecule has 0 bridgehead atoms. The Morgan fingerprint density at radius 2 is 2.14 bits per heavy atom. The van der Waals surface area contributed by atoms with Gasteiger partial charge in [-0.3, -0.25) is 0 Å². The topological polar surface area (TPSA) is 58.9 Å². The zero-order valence-electron chi connectivity index (χ0n) is 12.9. The first-order valence-electron chi connectivity index (χ1n) is 7.48. The third-order valence-electron chi connectivity index (χ3n) is 3.94. The lowest BCUT2D eigenvalue weighted by Gasteiger charge is -2.30. The van der Waals surface area contributed by atoms with E-state index >= 15 is 0 Å². The van der Waals surface area contributed by atoms with Crippen molar-refractivity contribution in [2.75, 3.05) is 18.0 Å². The zero-order chi connectivity index (χ0) is 14.8. The van der Waals surface area contributed by atoms with E-state index in [1.807, 2.05) is 0 Å². The molecule has 112 valence electrons. The van der Waals surface area contributed by atoms with E-state index in [1.165, 1.54) is 11.1 Å². The summed E-state index contributed by atoms with van der Waals surface area (Å²) in [7, 11) is 0. The molecule has 1 aliphatic rings. The number of aromatic nitrogens is 4. The SMILES string of the molecule is CCNCc1c(C)cc(C)nc1N1CCn2cnnc2C1. The highest BCUT2D eigenvalue weighted by atomic mass is 15.3. The van der Waals surface area contributed by atoms with Crippen molar-refractivity contribution >= 4 is 5.82 Å². The monoisotopic (exact) mass is 286 g/mol. The van der Waals surface area contributed by atoms with Gasteiger partial charge in [0.05, 0.1) is 6.54 Å². The first-order valence-corrected chi connectivity index (χ1v) is 7.48. The molecule has 0 spiro atoms. The van der Waals surface area contributed by atoms with Gasteiger partial charge < -0.3 is 14.8 Å². The molecule has 0 aliphatic carbocycles. The third kappa shape index (κ3) is 2.76. The fraction of sp³-hybridized carbons (Fsp3) is 0.533. The maximum absolute atomic E-state index is 4.80. The van der Waals surface area contributed by atoms with E-state index < -0.39 is 0 Å². The summed E-state index contributed by atoms with van der Waals surface area (Å²) in [5.41, 5.74) is 3.65. The van der Waals surface area contributed by atoms with Gasteiger partial charge in [-0.25, -0.2) is 4.98 Å². The molecule has 0 saturated heterocycles. The molecule has 0 aromatic carbocycles. The molecule has 3 rings (SSSR count). The van der Waals surface area contributed by atoms with Gasteiger partial charge in [-0.2, -0.15) is 0 Å². The average Bonchev–Trinajstić information content (AvgIpc) is 2.93. The summed E-state index contributed by atoms with van der Waals surface area (Å²) in [5.74, 6) is 2.10. The molecule has 0 fully saturated rings. The Bertz CT molecular complexity index is 633. The summed E-state index contributed by atoms with van der Waals surface area (Å²) in [4.78, 5) is 7.11. The Kier molecular flexibility index (Phi) is 3.88. The summed E-state index contributed by atoms with van der Waals surface area (Å²) in [5, 5.41) is 11.6. The van der Waals surface area contributed by atoms with Crippen molar-refractivity contribution in [3.63, 3.8) is 0 Å². The van der Waals surface area contributed by atoms with Crippen molar-refractivity contribution in [2.24, 2.45) is 0 Å². The summed E-state index contributed by atoms with van der Waals surface area (Å²) in [6.45, 7) is 10.8. The molecular formula is C15H22N6. The maximum atomic E-state index is 4.80. The van der Waals surface area contributed by atoms with E-state index in [9.17, 15) is 0 Å². The average molecular weight is 286 g/mol. The molecule has 0 radical (unpaired) electrons. The normalized spacial score (nSPS) is 14.3. The Morgan fingerprint density at radius 1 is 1.29 bits per heavy atom. The number of hydrogen-bond donors (Lipinski definition) is 1. The molecule has 0 saturated carbocycles. The van der Waals surface area contributed by atoms with Crippen molar-refractivity contribution < 1.29 is 0 Å². The molecule has 0 amide bonds. The summed E-state index contributed by atoms with van der Waals surface area (Å²) < 4.78 is 2.11. The standard InChI is InChI=1S/C15H22N6/c1-4-16-8-13-11(2)7-12(3)18-15(13)20-5-6-21-10-17-19-14(21)9-20/h7,10,16H,4-6,8-9H2,1-3H3. The maximum Gasteiger partial charge on any atom is 0.152 e. The lowest BCUT2D eigenvalue weighted by Crippen LogP contribution is -2.35. The van der Waals surface area contributed by atoms with Crippen molar-refractivity contribution in [1.29, 1.82) is 0 Å². The van der Waals surface area contributed by atoms with Crippen LogP contribution in [-0.2, 0) is 19.6 Å². The summed E-state index contributed by atoms with van der Waals surface area (Å²) in [6.07, 6.45) is 1.81. The van der Waals surface area contributed by atoms with E-state index in [0.717, 1.165) is 50.1 Å². The third-order valence-corrected chi connectivity index (χ3v) is 3.94. The van der Waals surface area contributed by atoms with E-state index in [0.29, 0.717) is 0 Å². The second-order valence-corrected chi connectivity index (χ2v) is 5.53. The number of nitrogens with zero attached hydrogens (tertiary/aromatic N) is 5. The summed E-state index contributed by atoms with van der Waals surface area (Å²) in [6, 6.07) is 2.16. The number of aryl methyl sites for hydroxylation is 2. The smallest absolute Gasteiger partial charge is 0.152 e. The molecule has 3 heterocycles. The molecule has 21 heavy (non-hydrogen) atoms. The quantitative estimate of drug-likeness (QED) is 0.921. The molecule has 6 nitrogen and oxygen atoms in total. The largest absolute Gasteiger partial charge is 0.347 e. The number of pyridine rings is 1. The molecule has 0 atom stereocenters. The van der Waals surface area contributed by atoms with Crippen molar-refractivity contribution in [1.82, 2.24) is 25.1 Å². The predicted octanol–water partition coefficient (Wildman–Crippen LogP) is 1.42. The second-order valence-electron chi connectivity index (χ2n) is 5.53. The lowest BCUT2D eigenvalue weighted by molar-refractivity contribution is 0.552. The first kappa shape index (κ1) is 14.0. The molecule has 1 N–H and O–H groups in total. The number of rotatable bonds is 4. The predicted molar refractivity (Wildman–Crippen MR) is 82.2 cm³/mol. The highest BCUT2D eigenvalue weighted by Crippen LogP contribution is 2.25. The van der Waals surface area contributed by atoms with E-state index in [2.05, 4.69) is 51.8 Å². The van der Waals surface area contributed by atoms with Crippen LogP contribution in [0, 0.1) is 13.8 Å². The lowest BCUT2D eigenvalue weighted by atomic mass is 10.1. The second kappa shape index (κ2) is 5.81. The van der Waals surface area contributed by atoms with Crippen LogP contribution in [0.3, 0.4) is 0 Å². The van der Waals surface area contributed by atoms with Crippen molar-refractivity contribution in [3.8, 4) is 0 Å². The fourth-order valence-corrected chi connectivity index (χ4v) is 2.82. The minimum absolute atomic E-state index is 0.773. The molecule has 2 aromatic rings. The van der Waals surface area contributed by atoms with Gasteiger partial charge in [0.2, 0.25) is 0 Å². The van der Waals surface area contributed by atoms with Gasteiger partial charge in [0.15, 0.2) is 5.82 Å². The Hall–Kier alpha value is -1.95. The molecule has 6 heteroatoms. The van der Waals surface area contributed by atoms with Gasteiger partial charge in [-0.05, 0) is 32.0 Å². The van der Waals surface area contributed by atoms with Gasteiger partial charge in [0.1, 0.15) is 12.1 Å². The minimum Gasteiger partial charge on any atom is -0.347 e. The highest BCUT2D eigenvalue weighted by molar-refractivity contribution is 5.52. The number of anilines is 1. The van der Waals surface area contributed by atoms with Crippen LogP contribution in [0.4, 0.5) is 5.82 Å². The Labute approximate surface area is 125 Å². The Morgan fingerprint density at radius 3 is 2.95 bits per heavy atom. The van der Waals surface area contributed by atoms with Crippen LogP contribution in [0.15, 0.2) is 12.4 Å². The van der Waals surface area contributed by atoms with Crippen LogP contribution in [-0.4, -0.2) is 32.8 Å². The van der Waals surface area contributed by atoms with E-state index in [-0.39, 0.29) is 0 Å². The highest BCUT2D eigenvalue weighted by Gasteiger charge is 2.22. The van der Waals surface area contributed by atoms with E-state index in [4.69, 9.17) is 4.98 Å². The van der Waals surface area contributed by atoms with Crippen LogP contribution < -0.4 is 10.2 Å². The van der Waals surface area contributed by atoms with Gasteiger partial charge in [0, 0.05) is 30.9 Å².